The minimum Gasteiger partial charge on any atom is -0.367 e. The van der Waals surface area contributed by atoms with Crippen LogP contribution in [0.3, 0.4) is 0 Å². The molecule has 2 aromatic heterocycles. The molecular formula is C13H17ClN6. The molecule has 6 nitrogen and oxygen atoms in total. The van der Waals surface area contributed by atoms with Gasteiger partial charge in [0.15, 0.2) is 0 Å². The highest BCUT2D eigenvalue weighted by Gasteiger charge is 2.21. The molecule has 0 bridgehead atoms. The van der Waals surface area contributed by atoms with Crippen LogP contribution in [0.4, 0.5) is 11.5 Å². The third-order valence-electron chi connectivity index (χ3n) is 3.43. The maximum absolute atomic E-state index is 5.85. The zero-order chi connectivity index (χ0) is 13.9. The van der Waals surface area contributed by atoms with Crippen LogP contribution in [0.15, 0.2) is 24.8 Å². The molecule has 3 rings (SSSR count). The zero-order valence-corrected chi connectivity index (χ0v) is 12.1. The van der Waals surface area contributed by atoms with Gasteiger partial charge in [0.25, 0.3) is 0 Å². The smallest absolute Gasteiger partial charge is 0.149 e. The van der Waals surface area contributed by atoms with Crippen LogP contribution in [0.1, 0.15) is 12.8 Å². The van der Waals surface area contributed by atoms with Gasteiger partial charge >= 0.3 is 0 Å². The van der Waals surface area contributed by atoms with E-state index in [-0.39, 0.29) is 0 Å². The van der Waals surface area contributed by atoms with Crippen LogP contribution in [0, 0.1) is 0 Å². The number of nitrogens with one attached hydrogen (secondary N) is 1. The predicted molar refractivity (Wildman–Crippen MR) is 79.1 cm³/mol. The molecule has 1 atom stereocenters. The summed E-state index contributed by atoms with van der Waals surface area (Å²) < 4.78 is 1.83. The molecule has 106 valence electrons. The van der Waals surface area contributed by atoms with E-state index in [1.165, 1.54) is 6.20 Å². The minimum atomic E-state index is 0.344. The van der Waals surface area contributed by atoms with Crippen LogP contribution in [-0.2, 0) is 7.05 Å². The van der Waals surface area contributed by atoms with Crippen LogP contribution < -0.4 is 10.2 Å². The minimum absolute atomic E-state index is 0.344. The second-order valence-electron chi connectivity index (χ2n) is 5.03. The lowest BCUT2D eigenvalue weighted by molar-refractivity contribution is 0.528. The highest BCUT2D eigenvalue weighted by molar-refractivity contribution is 6.29. The van der Waals surface area contributed by atoms with Crippen LogP contribution in [0.5, 0.6) is 0 Å². The first-order chi connectivity index (χ1) is 9.70. The average Bonchev–Trinajstić information content (AvgIpc) is 2.86. The van der Waals surface area contributed by atoms with Gasteiger partial charge in [0, 0.05) is 32.4 Å². The Hall–Kier alpha value is -1.82. The lowest BCUT2D eigenvalue weighted by Crippen LogP contribution is -2.42. The van der Waals surface area contributed by atoms with Gasteiger partial charge in [0.05, 0.1) is 24.3 Å². The first-order valence-electron chi connectivity index (χ1n) is 6.68. The molecule has 2 aromatic rings. The highest BCUT2D eigenvalue weighted by atomic mass is 35.5. The molecule has 1 N–H and O–H groups in total. The van der Waals surface area contributed by atoms with E-state index in [9.17, 15) is 0 Å². The Morgan fingerprint density at radius 3 is 3.00 bits per heavy atom. The lowest BCUT2D eigenvalue weighted by atomic mass is 10.1. The standard InChI is InChI=1S/C13H17ClN6/c1-19-9-11(5-16-19)20-4-2-3-10(8-20)17-13-7-15-6-12(14)18-13/h5-7,9-10H,2-4,8H2,1H3,(H,17,18). The summed E-state index contributed by atoms with van der Waals surface area (Å²) in [4.78, 5) is 10.6. The van der Waals surface area contributed by atoms with Crippen molar-refractivity contribution in [3.05, 3.63) is 29.9 Å². The van der Waals surface area contributed by atoms with Crippen molar-refractivity contribution in [1.82, 2.24) is 19.7 Å². The molecule has 1 aliphatic rings. The van der Waals surface area contributed by atoms with Crippen LogP contribution in [0.2, 0.25) is 5.15 Å². The Morgan fingerprint density at radius 2 is 2.25 bits per heavy atom. The molecular weight excluding hydrogens is 276 g/mol. The van der Waals surface area contributed by atoms with E-state index < -0.39 is 0 Å². The number of piperidine rings is 1. The van der Waals surface area contributed by atoms with Crippen molar-refractivity contribution in [3.8, 4) is 0 Å². The van der Waals surface area contributed by atoms with Crippen molar-refractivity contribution in [2.75, 3.05) is 23.3 Å². The van der Waals surface area contributed by atoms with Crippen molar-refractivity contribution in [2.45, 2.75) is 18.9 Å². The van der Waals surface area contributed by atoms with E-state index in [0.29, 0.717) is 11.2 Å². The number of halogens is 1. The van der Waals surface area contributed by atoms with Gasteiger partial charge < -0.3 is 10.2 Å². The van der Waals surface area contributed by atoms with Crippen molar-refractivity contribution in [1.29, 1.82) is 0 Å². The second kappa shape index (κ2) is 5.66. The molecule has 0 saturated carbocycles. The normalized spacial score (nSPS) is 19.1. The second-order valence-corrected chi connectivity index (χ2v) is 5.42. The lowest BCUT2D eigenvalue weighted by Gasteiger charge is -2.34. The van der Waals surface area contributed by atoms with Gasteiger partial charge in [-0.05, 0) is 12.8 Å². The molecule has 7 heteroatoms. The summed E-state index contributed by atoms with van der Waals surface area (Å²) in [7, 11) is 1.94. The fraction of sp³-hybridized carbons (Fsp3) is 0.462. The van der Waals surface area contributed by atoms with E-state index in [4.69, 9.17) is 11.6 Å². The maximum atomic E-state index is 5.85. The number of anilines is 2. The Bertz CT molecular complexity index is 584. The van der Waals surface area contributed by atoms with Gasteiger partial charge in [0.2, 0.25) is 0 Å². The number of aromatic nitrogens is 4. The summed E-state index contributed by atoms with van der Waals surface area (Å²) in [5.41, 5.74) is 1.16. The molecule has 1 fully saturated rings. The van der Waals surface area contributed by atoms with Gasteiger partial charge in [-0.3, -0.25) is 9.67 Å². The molecule has 0 amide bonds. The molecule has 20 heavy (non-hydrogen) atoms. The first-order valence-corrected chi connectivity index (χ1v) is 7.06. The Kier molecular flexibility index (Phi) is 3.73. The van der Waals surface area contributed by atoms with E-state index in [0.717, 1.165) is 37.4 Å². The summed E-state index contributed by atoms with van der Waals surface area (Å²) in [6.45, 7) is 1.99. The van der Waals surface area contributed by atoms with Crippen molar-refractivity contribution < 1.29 is 0 Å². The number of hydrogen-bond acceptors (Lipinski definition) is 5. The summed E-state index contributed by atoms with van der Waals surface area (Å²) in [6, 6.07) is 0.344. The van der Waals surface area contributed by atoms with Gasteiger partial charge in [-0.2, -0.15) is 5.10 Å². The van der Waals surface area contributed by atoms with Crippen LogP contribution >= 0.6 is 11.6 Å². The Morgan fingerprint density at radius 1 is 1.35 bits per heavy atom. The van der Waals surface area contributed by atoms with Gasteiger partial charge in [0.1, 0.15) is 11.0 Å². The predicted octanol–water partition coefficient (Wildman–Crippen LogP) is 1.94. The third-order valence-corrected chi connectivity index (χ3v) is 3.62. The third kappa shape index (κ3) is 3.01. The number of hydrogen-bond donors (Lipinski definition) is 1. The maximum Gasteiger partial charge on any atom is 0.149 e. The highest BCUT2D eigenvalue weighted by Crippen LogP contribution is 2.21. The van der Waals surface area contributed by atoms with E-state index >= 15 is 0 Å². The van der Waals surface area contributed by atoms with Gasteiger partial charge in [-0.25, -0.2) is 4.98 Å². The van der Waals surface area contributed by atoms with E-state index in [1.54, 1.807) is 6.20 Å². The topological polar surface area (TPSA) is 58.9 Å². The molecule has 0 aromatic carbocycles. The molecule has 1 saturated heterocycles. The number of nitrogens with zero attached hydrogens (tertiary/aromatic N) is 5. The quantitative estimate of drug-likeness (QED) is 0.937. The SMILES string of the molecule is Cn1cc(N2CCCC(Nc3cncc(Cl)n3)C2)cn1. The summed E-state index contributed by atoms with van der Waals surface area (Å²) in [5, 5.41) is 8.04. The molecule has 0 spiro atoms. The largest absolute Gasteiger partial charge is 0.367 e. The molecule has 0 aliphatic carbocycles. The molecule has 0 radical (unpaired) electrons. The van der Waals surface area contributed by atoms with E-state index in [2.05, 4.69) is 25.3 Å². The molecule has 1 aliphatic heterocycles. The van der Waals surface area contributed by atoms with Crippen LogP contribution in [0.25, 0.3) is 0 Å². The summed E-state index contributed by atoms with van der Waals surface area (Å²) >= 11 is 5.85. The van der Waals surface area contributed by atoms with Crippen molar-refractivity contribution in [2.24, 2.45) is 7.05 Å². The monoisotopic (exact) mass is 292 g/mol. The van der Waals surface area contributed by atoms with Gasteiger partial charge in [-0.1, -0.05) is 11.6 Å². The van der Waals surface area contributed by atoms with E-state index in [1.807, 2.05) is 24.1 Å². The van der Waals surface area contributed by atoms with Crippen molar-refractivity contribution >= 4 is 23.1 Å². The van der Waals surface area contributed by atoms with Crippen molar-refractivity contribution in [3.63, 3.8) is 0 Å². The number of rotatable bonds is 3. The number of aryl methyl sites for hydroxylation is 1. The fourth-order valence-electron chi connectivity index (χ4n) is 2.52. The Labute approximate surface area is 122 Å². The fourth-order valence-corrected chi connectivity index (χ4v) is 2.67. The average molecular weight is 293 g/mol. The van der Waals surface area contributed by atoms with Gasteiger partial charge in [-0.15, -0.1) is 0 Å². The first kappa shape index (κ1) is 13.2. The Balaban J connectivity index is 1.66. The molecule has 1 unspecified atom stereocenters. The zero-order valence-electron chi connectivity index (χ0n) is 11.3. The summed E-state index contributed by atoms with van der Waals surface area (Å²) in [5.74, 6) is 0.732. The molecule has 3 heterocycles. The summed E-state index contributed by atoms with van der Waals surface area (Å²) in [6.07, 6.45) is 9.44. The van der Waals surface area contributed by atoms with Crippen LogP contribution in [-0.4, -0.2) is 38.9 Å².